The first-order chi connectivity index (χ1) is 11.3. The van der Waals surface area contributed by atoms with Crippen LogP contribution in [0.2, 0.25) is 0 Å². The van der Waals surface area contributed by atoms with E-state index in [9.17, 15) is 4.79 Å². The Hall–Kier alpha value is -2.52. The van der Waals surface area contributed by atoms with Gasteiger partial charge in [0.1, 0.15) is 0 Å². The molecule has 1 N–H and O–H groups in total. The predicted octanol–water partition coefficient (Wildman–Crippen LogP) is 5.21. The molecule has 0 saturated heterocycles. The number of anilines is 1. The minimum atomic E-state index is -0.129. The van der Waals surface area contributed by atoms with Gasteiger partial charge in [-0.05, 0) is 46.9 Å². The second kappa shape index (κ2) is 7.16. The monoisotopic (exact) mass is 319 g/mol. The van der Waals surface area contributed by atoms with E-state index in [1.807, 2.05) is 60.9 Å². The van der Waals surface area contributed by atoms with Crippen LogP contribution in [0, 0.1) is 0 Å². The number of hydrogen-bond acceptors (Lipinski definition) is 2. The number of nitrogens with one attached hydrogen (secondary N) is 1. The smallest absolute Gasteiger partial charge is 0.248 e. The third kappa shape index (κ3) is 3.82. The Morgan fingerprint density at radius 1 is 1.00 bits per heavy atom. The lowest BCUT2D eigenvalue weighted by atomic mass is 10.0. The molecule has 0 aliphatic rings. The van der Waals surface area contributed by atoms with Gasteiger partial charge in [-0.1, -0.05) is 48.5 Å². The standard InChI is InChI=1S/C20H17NOS/c1-23-18-10-5-9-17(14-18)21-20(22)13-12-16-8-4-7-15-6-2-3-11-19(15)16/h2-14H,1H3,(H,21,22)/b13-12+. The maximum absolute atomic E-state index is 12.1. The van der Waals surface area contributed by atoms with Crippen LogP contribution in [0.4, 0.5) is 5.69 Å². The van der Waals surface area contributed by atoms with E-state index in [2.05, 4.69) is 23.5 Å². The van der Waals surface area contributed by atoms with Gasteiger partial charge in [0.2, 0.25) is 5.91 Å². The van der Waals surface area contributed by atoms with E-state index < -0.39 is 0 Å². The summed E-state index contributed by atoms with van der Waals surface area (Å²) in [7, 11) is 0. The Labute approximate surface area is 140 Å². The number of fused-ring (bicyclic) bond motifs is 1. The summed E-state index contributed by atoms with van der Waals surface area (Å²) >= 11 is 1.65. The minimum absolute atomic E-state index is 0.129. The number of thioether (sulfide) groups is 1. The number of carbonyl (C=O) groups is 1. The lowest BCUT2D eigenvalue weighted by Crippen LogP contribution is -2.07. The first-order valence-electron chi connectivity index (χ1n) is 7.37. The minimum Gasteiger partial charge on any atom is -0.322 e. The molecular weight excluding hydrogens is 302 g/mol. The van der Waals surface area contributed by atoms with E-state index in [-0.39, 0.29) is 5.91 Å². The van der Waals surface area contributed by atoms with Crippen LogP contribution in [0.25, 0.3) is 16.8 Å². The second-order valence-corrected chi connectivity index (χ2v) is 6.00. The zero-order chi connectivity index (χ0) is 16.1. The first-order valence-corrected chi connectivity index (χ1v) is 8.59. The van der Waals surface area contributed by atoms with Crippen molar-refractivity contribution in [2.45, 2.75) is 4.90 Å². The molecule has 0 radical (unpaired) electrons. The Morgan fingerprint density at radius 3 is 2.65 bits per heavy atom. The van der Waals surface area contributed by atoms with E-state index in [0.717, 1.165) is 21.5 Å². The quantitative estimate of drug-likeness (QED) is 0.528. The Balaban J connectivity index is 1.77. The number of rotatable bonds is 4. The summed E-state index contributed by atoms with van der Waals surface area (Å²) in [5, 5.41) is 5.21. The van der Waals surface area contributed by atoms with Gasteiger partial charge in [0.25, 0.3) is 0 Å². The van der Waals surface area contributed by atoms with E-state index in [1.54, 1.807) is 17.8 Å². The van der Waals surface area contributed by atoms with Crippen LogP contribution >= 0.6 is 11.8 Å². The van der Waals surface area contributed by atoms with Crippen molar-refractivity contribution in [3.05, 3.63) is 78.4 Å². The summed E-state index contributed by atoms with van der Waals surface area (Å²) < 4.78 is 0. The van der Waals surface area contributed by atoms with Crippen molar-refractivity contribution in [3.63, 3.8) is 0 Å². The van der Waals surface area contributed by atoms with Gasteiger partial charge in [0.15, 0.2) is 0 Å². The third-order valence-electron chi connectivity index (χ3n) is 3.57. The van der Waals surface area contributed by atoms with E-state index in [1.165, 1.54) is 5.39 Å². The van der Waals surface area contributed by atoms with Crippen LogP contribution in [-0.2, 0) is 4.79 Å². The highest BCUT2D eigenvalue weighted by atomic mass is 32.2. The summed E-state index contributed by atoms with van der Waals surface area (Å²) in [5.74, 6) is -0.129. The molecule has 2 nitrogen and oxygen atoms in total. The van der Waals surface area contributed by atoms with E-state index in [0.29, 0.717) is 0 Å². The molecule has 3 heteroatoms. The Bertz CT molecular complexity index is 865. The number of hydrogen-bond donors (Lipinski definition) is 1. The highest BCUT2D eigenvalue weighted by Crippen LogP contribution is 2.20. The van der Waals surface area contributed by atoms with E-state index >= 15 is 0 Å². The molecule has 114 valence electrons. The van der Waals surface area contributed by atoms with Crippen LogP contribution in [0.15, 0.2) is 77.7 Å². The highest BCUT2D eigenvalue weighted by molar-refractivity contribution is 7.98. The maximum Gasteiger partial charge on any atom is 0.248 e. The molecule has 0 atom stereocenters. The van der Waals surface area contributed by atoms with Crippen molar-refractivity contribution in [2.24, 2.45) is 0 Å². The Morgan fingerprint density at radius 2 is 1.78 bits per heavy atom. The number of amides is 1. The van der Waals surface area contributed by atoms with Crippen LogP contribution in [-0.4, -0.2) is 12.2 Å². The molecule has 0 spiro atoms. The summed E-state index contributed by atoms with van der Waals surface area (Å²) in [6, 6.07) is 22.1. The molecule has 3 rings (SSSR count). The molecule has 3 aromatic rings. The largest absolute Gasteiger partial charge is 0.322 e. The van der Waals surface area contributed by atoms with Crippen molar-refractivity contribution >= 4 is 40.2 Å². The zero-order valence-corrected chi connectivity index (χ0v) is 13.6. The first kappa shape index (κ1) is 15.4. The van der Waals surface area contributed by atoms with Gasteiger partial charge >= 0.3 is 0 Å². The van der Waals surface area contributed by atoms with Crippen molar-refractivity contribution in [1.29, 1.82) is 0 Å². The summed E-state index contributed by atoms with van der Waals surface area (Å²) in [6.07, 6.45) is 5.45. The third-order valence-corrected chi connectivity index (χ3v) is 4.30. The van der Waals surface area contributed by atoms with Gasteiger partial charge in [-0.3, -0.25) is 4.79 Å². The second-order valence-electron chi connectivity index (χ2n) is 5.12. The summed E-state index contributed by atoms with van der Waals surface area (Å²) in [4.78, 5) is 13.2. The van der Waals surface area contributed by atoms with Crippen LogP contribution in [0.3, 0.4) is 0 Å². The lowest BCUT2D eigenvalue weighted by Gasteiger charge is -2.04. The van der Waals surface area contributed by atoms with Crippen LogP contribution in [0.5, 0.6) is 0 Å². The molecular formula is C20H17NOS. The summed E-state index contributed by atoms with van der Waals surface area (Å²) in [6.45, 7) is 0. The normalized spacial score (nSPS) is 11.0. The van der Waals surface area contributed by atoms with Crippen molar-refractivity contribution in [3.8, 4) is 0 Å². The van der Waals surface area contributed by atoms with Crippen molar-refractivity contribution in [1.82, 2.24) is 0 Å². The number of carbonyl (C=O) groups excluding carboxylic acids is 1. The molecule has 0 bridgehead atoms. The fourth-order valence-corrected chi connectivity index (χ4v) is 2.91. The van der Waals surface area contributed by atoms with Crippen molar-refractivity contribution < 1.29 is 4.79 Å². The van der Waals surface area contributed by atoms with Crippen LogP contribution < -0.4 is 5.32 Å². The molecule has 1 amide bonds. The van der Waals surface area contributed by atoms with Gasteiger partial charge < -0.3 is 5.32 Å². The molecule has 0 fully saturated rings. The number of benzene rings is 3. The molecule has 0 unspecified atom stereocenters. The molecule has 3 aromatic carbocycles. The SMILES string of the molecule is CSc1cccc(NC(=O)/C=C/c2cccc3ccccc23)c1. The average Bonchev–Trinajstić information content (AvgIpc) is 2.60. The van der Waals surface area contributed by atoms with Gasteiger partial charge in [0, 0.05) is 16.7 Å². The maximum atomic E-state index is 12.1. The molecule has 0 aliphatic carbocycles. The fraction of sp³-hybridized carbons (Fsp3) is 0.0500. The van der Waals surface area contributed by atoms with E-state index in [4.69, 9.17) is 0 Å². The van der Waals surface area contributed by atoms with Crippen molar-refractivity contribution in [2.75, 3.05) is 11.6 Å². The summed E-state index contributed by atoms with van der Waals surface area (Å²) in [5.41, 5.74) is 1.85. The van der Waals surface area contributed by atoms with Gasteiger partial charge in [-0.2, -0.15) is 0 Å². The fourth-order valence-electron chi connectivity index (χ4n) is 2.45. The zero-order valence-electron chi connectivity index (χ0n) is 12.8. The Kier molecular flexibility index (Phi) is 4.79. The average molecular weight is 319 g/mol. The van der Waals surface area contributed by atoms with Gasteiger partial charge in [-0.15, -0.1) is 11.8 Å². The molecule has 0 saturated carbocycles. The molecule has 0 aromatic heterocycles. The molecule has 0 aliphatic heterocycles. The van der Waals surface area contributed by atoms with Gasteiger partial charge in [-0.25, -0.2) is 0 Å². The topological polar surface area (TPSA) is 29.1 Å². The highest BCUT2D eigenvalue weighted by Gasteiger charge is 2.01. The lowest BCUT2D eigenvalue weighted by molar-refractivity contribution is -0.111. The van der Waals surface area contributed by atoms with Crippen LogP contribution in [0.1, 0.15) is 5.56 Å². The molecule has 0 heterocycles. The predicted molar refractivity (Wildman–Crippen MR) is 99.8 cm³/mol. The molecule has 23 heavy (non-hydrogen) atoms. The van der Waals surface area contributed by atoms with Gasteiger partial charge in [0.05, 0.1) is 0 Å².